The van der Waals surface area contributed by atoms with Crippen molar-refractivity contribution < 1.29 is 0 Å². The molecule has 1 fully saturated rings. The minimum absolute atomic E-state index is 0.708. The molecule has 0 radical (unpaired) electrons. The molecule has 23 heavy (non-hydrogen) atoms. The average molecular weight is 338 g/mol. The molecule has 1 aromatic heterocycles. The third-order valence-corrected chi connectivity index (χ3v) is 4.92. The summed E-state index contributed by atoms with van der Waals surface area (Å²) in [6, 6.07) is 0. The van der Waals surface area contributed by atoms with Gasteiger partial charge in [0.25, 0.3) is 0 Å². The summed E-state index contributed by atoms with van der Waals surface area (Å²) in [6.45, 7) is 6.24. The third-order valence-electron chi connectivity index (χ3n) is 4.22. The third kappa shape index (κ3) is 6.09. The number of aryl methyl sites for hydroxylation is 1. The molecule has 1 aliphatic heterocycles. The van der Waals surface area contributed by atoms with Gasteiger partial charge >= 0.3 is 0 Å². The van der Waals surface area contributed by atoms with Crippen LogP contribution in [-0.2, 0) is 13.5 Å². The lowest BCUT2D eigenvalue weighted by atomic mass is 10.0. The van der Waals surface area contributed by atoms with E-state index in [1.54, 1.807) is 0 Å². The molecule has 1 aromatic rings. The molecule has 130 valence electrons. The zero-order valence-electron chi connectivity index (χ0n) is 14.8. The number of rotatable bonds is 8. The highest BCUT2D eigenvalue weighted by atomic mass is 32.2. The first-order valence-electron chi connectivity index (χ1n) is 8.72. The molecule has 0 amide bonds. The fourth-order valence-corrected chi connectivity index (χ4v) is 3.56. The van der Waals surface area contributed by atoms with Gasteiger partial charge in [-0.2, -0.15) is 16.9 Å². The zero-order chi connectivity index (χ0) is 16.5. The molecule has 5 nitrogen and oxygen atoms in total. The normalized spacial score (nSPS) is 18.7. The maximum atomic E-state index is 4.82. The Morgan fingerprint density at radius 1 is 1.48 bits per heavy atom. The van der Waals surface area contributed by atoms with E-state index in [9.17, 15) is 0 Å². The van der Waals surface area contributed by atoms with Crippen molar-refractivity contribution >= 4 is 17.7 Å². The molecule has 6 heteroatoms. The monoisotopic (exact) mass is 337 g/mol. The number of likely N-dealkylation sites (tertiary alicyclic amines) is 1. The second kappa shape index (κ2) is 9.85. The number of nitrogens with zero attached hydrogens (tertiary/aromatic N) is 4. The van der Waals surface area contributed by atoms with Crippen molar-refractivity contribution in [1.82, 2.24) is 20.0 Å². The highest BCUT2D eigenvalue weighted by molar-refractivity contribution is 7.98. The van der Waals surface area contributed by atoms with E-state index in [0.29, 0.717) is 5.92 Å². The predicted molar refractivity (Wildman–Crippen MR) is 100 cm³/mol. The summed E-state index contributed by atoms with van der Waals surface area (Å²) in [4.78, 5) is 7.25. The molecule has 1 saturated heterocycles. The molecule has 1 atom stereocenters. The van der Waals surface area contributed by atoms with Crippen molar-refractivity contribution in [3.63, 3.8) is 0 Å². The Morgan fingerprint density at radius 2 is 2.35 bits per heavy atom. The van der Waals surface area contributed by atoms with Gasteiger partial charge in [-0.15, -0.1) is 0 Å². The van der Waals surface area contributed by atoms with E-state index in [1.807, 2.05) is 29.7 Å². The second-order valence-corrected chi connectivity index (χ2v) is 7.25. The number of nitrogens with one attached hydrogen (secondary N) is 1. The van der Waals surface area contributed by atoms with Gasteiger partial charge in [0.15, 0.2) is 5.96 Å². The molecule has 1 unspecified atom stereocenters. The summed E-state index contributed by atoms with van der Waals surface area (Å²) in [7, 11) is 1.98. The van der Waals surface area contributed by atoms with Crippen LogP contribution in [0, 0.1) is 5.92 Å². The first-order valence-corrected chi connectivity index (χ1v) is 10.1. The van der Waals surface area contributed by atoms with E-state index in [-0.39, 0.29) is 0 Å². The van der Waals surface area contributed by atoms with Crippen LogP contribution in [0.15, 0.2) is 17.4 Å². The summed E-state index contributed by atoms with van der Waals surface area (Å²) in [5.41, 5.74) is 1.35. The number of hydrogen-bond acceptors (Lipinski definition) is 3. The van der Waals surface area contributed by atoms with Gasteiger partial charge in [-0.1, -0.05) is 0 Å². The fraction of sp³-hybridized carbons (Fsp3) is 0.765. The average Bonchev–Trinajstić information content (AvgIpc) is 3.16. The number of aliphatic imine (C=N–C) groups is 1. The number of unbranched alkanes of at least 4 members (excludes halogenated alkanes) is 1. The minimum atomic E-state index is 0.708. The fourth-order valence-electron chi connectivity index (χ4n) is 3.07. The number of guanidine groups is 1. The van der Waals surface area contributed by atoms with Gasteiger partial charge in [0, 0.05) is 39.4 Å². The topological polar surface area (TPSA) is 45.5 Å². The van der Waals surface area contributed by atoms with E-state index in [4.69, 9.17) is 4.99 Å². The van der Waals surface area contributed by atoms with Crippen molar-refractivity contribution in [3.05, 3.63) is 18.0 Å². The Bertz CT molecular complexity index is 485. The maximum Gasteiger partial charge on any atom is 0.193 e. The number of hydrogen-bond donors (Lipinski definition) is 1. The maximum absolute atomic E-state index is 4.82. The summed E-state index contributed by atoms with van der Waals surface area (Å²) >= 11 is 1.92. The van der Waals surface area contributed by atoms with Gasteiger partial charge in [-0.05, 0) is 56.1 Å². The van der Waals surface area contributed by atoms with Crippen molar-refractivity contribution in [2.45, 2.75) is 32.6 Å². The van der Waals surface area contributed by atoms with Crippen LogP contribution in [0.1, 0.15) is 31.7 Å². The van der Waals surface area contributed by atoms with Crippen LogP contribution in [-0.4, -0.2) is 58.8 Å². The summed E-state index contributed by atoms with van der Waals surface area (Å²) in [6.07, 6.45) is 11.1. The van der Waals surface area contributed by atoms with Crippen LogP contribution < -0.4 is 5.32 Å². The Hall–Kier alpha value is -1.17. The first kappa shape index (κ1) is 18.2. The molecule has 1 N–H and O–H groups in total. The smallest absolute Gasteiger partial charge is 0.193 e. The minimum Gasteiger partial charge on any atom is -0.357 e. The first-order chi connectivity index (χ1) is 11.2. The molecular weight excluding hydrogens is 306 g/mol. The van der Waals surface area contributed by atoms with Gasteiger partial charge in [0.2, 0.25) is 0 Å². The van der Waals surface area contributed by atoms with Gasteiger partial charge in [0.1, 0.15) is 0 Å². The number of aromatic nitrogens is 2. The van der Waals surface area contributed by atoms with Crippen molar-refractivity contribution in [1.29, 1.82) is 0 Å². The van der Waals surface area contributed by atoms with Crippen LogP contribution in [0.4, 0.5) is 0 Å². The Balaban J connectivity index is 1.81. The second-order valence-electron chi connectivity index (χ2n) is 6.26. The SMILES string of the molecule is CCNC(=NCCCCSC)N1CCC(Cc2cnn(C)c2)C1. The molecule has 0 saturated carbocycles. The molecule has 0 spiro atoms. The zero-order valence-corrected chi connectivity index (χ0v) is 15.6. The lowest BCUT2D eigenvalue weighted by Gasteiger charge is -2.21. The van der Waals surface area contributed by atoms with E-state index < -0.39 is 0 Å². The summed E-state index contributed by atoms with van der Waals surface area (Å²) < 4.78 is 1.89. The standard InChI is InChI=1S/C17H31N5S/c1-4-18-17(19-8-5-6-10-23-3)22-9-7-15(14-22)11-16-12-20-21(2)13-16/h12-13,15H,4-11,14H2,1-3H3,(H,18,19). The van der Waals surface area contributed by atoms with E-state index in [0.717, 1.165) is 38.6 Å². The molecule has 2 heterocycles. The lowest BCUT2D eigenvalue weighted by Crippen LogP contribution is -2.40. The highest BCUT2D eigenvalue weighted by Crippen LogP contribution is 2.20. The largest absolute Gasteiger partial charge is 0.357 e. The van der Waals surface area contributed by atoms with Crippen LogP contribution in [0.3, 0.4) is 0 Å². The Kier molecular flexibility index (Phi) is 7.79. The molecular formula is C17H31N5S. The quantitative estimate of drug-likeness (QED) is 0.449. The molecule has 0 aromatic carbocycles. The van der Waals surface area contributed by atoms with Crippen LogP contribution in [0.5, 0.6) is 0 Å². The van der Waals surface area contributed by atoms with Crippen molar-refractivity contribution in [2.75, 3.05) is 38.2 Å². The molecule has 0 bridgehead atoms. The molecule has 2 rings (SSSR count). The van der Waals surface area contributed by atoms with Crippen molar-refractivity contribution in [2.24, 2.45) is 18.0 Å². The van der Waals surface area contributed by atoms with Gasteiger partial charge in [-0.3, -0.25) is 9.67 Å². The lowest BCUT2D eigenvalue weighted by molar-refractivity contribution is 0.459. The van der Waals surface area contributed by atoms with Crippen molar-refractivity contribution in [3.8, 4) is 0 Å². The number of thioether (sulfide) groups is 1. The van der Waals surface area contributed by atoms with E-state index in [1.165, 1.54) is 30.6 Å². The summed E-state index contributed by atoms with van der Waals surface area (Å²) in [5.74, 6) is 3.05. The molecule has 0 aliphatic carbocycles. The Labute approximate surface area is 144 Å². The van der Waals surface area contributed by atoms with Gasteiger partial charge in [0.05, 0.1) is 6.20 Å². The summed E-state index contributed by atoms with van der Waals surface area (Å²) in [5, 5.41) is 7.73. The van der Waals surface area contributed by atoms with E-state index >= 15 is 0 Å². The van der Waals surface area contributed by atoms with Gasteiger partial charge < -0.3 is 10.2 Å². The molecule has 1 aliphatic rings. The van der Waals surface area contributed by atoms with Crippen LogP contribution in [0.2, 0.25) is 0 Å². The highest BCUT2D eigenvalue weighted by Gasteiger charge is 2.25. The van der Waals surface area contributed by atoms with Gasteiger partial charge in [-0.25, -0.2) is 0 Å². The van der Waals surface area contributed by atoms with Crippen LogP contribution in [0.25, 0.3) is 0 Å². The van der Waals surface area contributed by atoms with E-state index in [2.05, 4.69) is 34.7 Å². The van der Waals surface area contributed by atoms with Crippen LogP contribution >= 0.6 is 11.8 Å². The Morgan fingerprint density at radius 3 is 3.04 bits per heavy atom. The predicted octanol–water partition coefficient (Wildman–Crippen LogP) is 2.39.